The number of nitrogens with two attached hydrogens (primary N) is 1. The van der Waals surface area contributed by atoms with Crippen LogP contribution in [0, 0.1) is 0 Å². The second-order valence-electron chi connectivity index (χ2n) is 4.10. The highest BCUT2D eigenvalue weighted by molar-refractivity contribution is 6.33. The molecule has 2 rings (SSSR count). The Balaban J connectivity index is 2.09. The molecule has 0 radical (unpaired) electrons. The Kier molecular flexibility index (Phi) is 4.63. The van der Waals surface area contributed by atoms with Gasteiger partial charge in [0.25, 0.3) is 0 Å². The molecular weight excluding hydrogens is 311 g/mol. The summed E-state index contributed by atoms with van der Waals surface area (Å²) in [5.41, 5.74) is 6.62. The number of ether oxygens (including phenoxy) is 1. The molecule has 1 heterocycles. The van der Waals surface area contributed by atoms with Crippen molar-refractivity contribution in [2.24, 2.45) is 0 Å². The number of nitrogens with zero attached hydrogens (tertiary/aromatic N) is 4. The summed E-state index contributed by atoms with van der Waals surface area (Å²) < 4.78 is 41.7. The third-order valence-corrected chi connectivity index (χ3v) is 2.83. The second-order valence-corrected chi connectivity index (χ2v) is 4.50. The van der Waals surface area contributed by atoms with Gasteiger partial charge in [0, 0.05) is 5.69 Å². The van der Waals surface area contributed by atoms with Gasteiger partial charge in [0.05, 0.1) is 23.7 Å². The summed E-state index contributed by atoms with van der Waals surface area (Å²) in [6.45, 7) is -1.47. The minimum Gasteiger partial charge on any atom is -0.398 e. The number of halogens is 4. The van der Waals surface area contributed by atoms with E-state index in [-0.39, 0.29) is 19.0 Å². The average molecular weight is 322 g/mol. The van der Waals surface area contributed by atoms with Crippen molar-refractivity contribution in [2.45, 2.75) is 12.7 Å². The summed E-state index contributed by atoms with van der Waals surface area (Å²) in [6.07, 6.45) is -4.36. The van der Waals surface area contributed by atoms with Gasteiger partial charge in [-0.1, -0.05) is 17.7 Å². The van der Waals surface area contributed by atoms with Crippen LogP contribution < -0.4 is 5.73 Å². The largest absolute Gasteiger partial charge is 0.411 e. The number of rotatable bonds is 5. The number of tetrazole rings is 1. The minimum atomic E-state index is -4.36. The van der Waals surface area contributed by atoms with E-state index in [1.807, 2.05) is 0 Å². The van der Waals surface area contributed by atoms with E-state index in [1.54, 1.807) is 18.2 Å². The average Bonchev–Trinajstić information content (AvgIpc) is 2.82. The van der Waals surface area contributed by atoms with Crippen LogP contribution in [0.4, 0.5) is 18.9 Å². The molecular formula is C11H11ClF3N5O. The first kappa shape index (κ1) is 15.5. The molecule has 0 aliphatic heterocycles. The molecule has 0 atom stereocenters. The van der Waals surface area contributed by atoms with Crippen LogP contribution in [-0.2, 0) is 11.3 Å². The van der Waals surface area contributed by atoms with E-state index < -0.39 is 12.8 Å². The molecule has 21 heavy (non-hydrogen) atoms. The Morgan fingerprint density at radius 2 is 2.10 bits per heavy atom. The van der Waals surface area contributed by atoms with Crippen LogP contribution in [-0.4, -0.2) is 39.6 Å². The third kappa shape index (κ3) is 4.05. The molecule has 6 nitrogen and oxygen atoms in total. The topological polar surface area (TPSA) is 78.9 Å². The van der Waals surface area contributed by atoms with Crippen LogP contribution in [0.15, 0.2) is 18.2 Å². The fourth-order valence-electron chi connectivity index (χ4n) is 1.65. The standard InChI is InChI=1S/C11H11ClF3N5O/c12-7-2-1-3-8(16)9(7)10-17-18-19-20(10)4-5-21-6-11(13,14)15/h1-3H,4-6,16H2. The Morgan fingerprint density at radius 1 is 1.33 bits per heavy atom. The fourth-order valence-corrected chi connectivity index (χ4v) is 1.92. The molecule has 0 aliphatic rings. The van der Waals surface area contributed by atoms with E-state index in [0.717, 1.165) is 0 Å². The molecule has 0 aliphatic carbocycles. The summed E-state index contributed by atoms with van der Waals surface area (Å²) in [5.74, 6) is 0.272. The van der Waals surface area contributed by atoms with Gasteiger partial charge in [0.1, 0.15) is 6.61 Å². The number of benzene rings is 1. The molecule has 0 saturated heterocycles. The summed E-state index contributed by atoms with van der Waals surface area (Å²) in [7, 11) is 0. The van der Waals surface area contributed by atoms with Crippen molar-refractivity contribution in [1.82, 2.24) is 20.2 Å². The first-order valence-electron chi connectivity index (χ1n) is 5.83. The van der Waals surface area contributed by atoms with Crippen LogP contribution in [0.1, 0.15) is 0 Å². The van der Waals surface area contributed by atoms with Crippen LogP contribution in [0.2, 0.25) is 5.02 Å². The molecule has 10 heteroatoms. The van der Waals surface area contributed by atoms with Crippen LogP contribution >= 0.6 is 11.6 Å². The smallest absolute Gasteiger partial charge is 0.398 e. The molecule has 2 N–H and O–H groups in total. The highest BCUT2D eigenvalue weighted by Crippen LogP contribution is 2.31. The Hall–Kier alpha value is -1.87. The lowest BCUT2D eigenvalue weighted by Crippen LogP contribution is -2.19. The van der Waals surface area contributed by atoms with Crippen molar-refractivity contribution in [3.8, 4) is 11.4 Å². The van der Waals surface area contributed by atoms with Gasteiger partial charge in [-0.2, -0.15) is 13.2 Å². The van der Waals surface area contributed by atoms with Gasteiger partial charge < -0.3 is 10.5 Å². The summed E-state index contributed by atoms with van der Waals surface area (Å²) in [5, 5.41) is 11.3. The molecule has 0 saturated carbocycles. The molecule has 0 amide bonds. The van der Waals surface area contributed by atoms with Gasteiger partial charge in [0.2, 0.25) is 0 Å². The molecule has 0 spiro atoms. The number of hydrogen-bond acceptors (Lipinski definition) is 5. The van der Waals surface area contributed by atoms with Gasteiger partial charge >= 0.3 is 6.18 Å². The van der Waals surface area contributed by atoms with E-state index in [0.29, 0.717) is 16.3 Å². The number of hydrogen-bond donors (Lipinski definition) is 1. The van der Waals surface area contributed by atoms with Crippen molar-refractivity contribution < 1.29 is 17.9 Å². The molecule has 2 aromatic rings. The molecule has 1 aromatic carbocycles. The monoisotopic (exact) mass is 321 g/mol. The molecule has 1 aromatic heterocycles. The predicted molar refractivity (Wildman–Crippen MR) is 69.5 cm³/mol. The second kappa shape index (κ2) is 6.27. The number of alkyl halides is 3. The Labute approximate surface area is 122 Å². The van der Waals surface area contributed by atoms with Crippen molar-refractivity contribution in [2.75, 3.05) is 18.9 Å². The van der Waals surface area contributed by atoms with E-state index >= 15 is 0 Å². The lowest BCUT2D eigenvalue weighted by atomic mass is 10.1. The van der Waals surface area contributed by atoms with Gasteiger partial charge in [0.15, 0.2) is 5.82 Å². The Bertz CT molecular complexity index is 596. The van der Waals surface area contributed by atoms with Crippen molar-refractivity contribution >= 4 is 17.3 Å². The highest BCUT2D eigenvalue weighted by atomic mass is 35.5. The molecule has 0 bridgehead atoms. The summed E-state index contributed by atoms with van der Waals surface area (Å²) in [6, 6.07) is 4.91. The van der Waals surface area contributed by atoms with Gasteiger partial charge in [-0.3, -0.25) is 0 Å². The van der Waals surface area contributed by atoms with Crippen molar-refractivity contribution in [1.29, 1.82) is 0 Å². The quantitative estimate of drug-likeness (QED) is 0.674. The maximum atomic E-state index is 12.0. The first-order chi connectivity index (χ1) is 9.88. The Morgan fingerprint density at radius 3 is 2.76 bits per heavy atom. The van der Waals surface area contributed by atoms with Gasteiger partial charge in [-0.25, -0.2) is 4.68 Å². The summed E-state index contributed by atoms with van der Waals surface area (Å²) in [4.78, 5) is 0. The van der Waals surface area contributed by atoms with Crippen LogP contribution in [0.5, 0.6) is 0 Å². The number of anilines is 1. The zero-order valence-electron chi connectivity index (χ0n) is 10.6. The van der Waals surface area contributed by atoms with E-state index in [2.05, 4.69) is 20.3 Å². The normalized spacial score (nSPS) is 11.8. The van der Waals surface area contributed by atoms with E-state index in [1.165, 1.54) is 4.68 Å². The van der Waals surface area contributed by atoms with Crippen molar-refractivity contribution in [3.63, 3.8) is 0 Å². The lowest BCUT2D eigenvalue weighted by Gasteiger charge is -2.10. The van der Waals surface area contributed by atoms with Gasteiger partial charge in [-0.05, 0) is 22.6 Å². The molecule has 0 fully saturated rings. The fraction of sp³-hybridized carbons (Fsp3) is 0.364. The highest BCUT2D eigenvalue weighted by Gasteiger charge is 2.27. The van der Waals surface area contributed by atoms with Crippen LogP contribution in [0.3, 0.4) is 0 Å². The van der Waals surface area contributed by atoms with E-state index in [4.69, 9.17) is 17.3 Å². The minimum absolute atomic E-state index is 0.0447. The lowest BCUT2D eigenvalue weighted by molar-refractivity contribution is -0.174. The number of aromatic nitrogens is 4. The zero-order valence-corrected chi connectivity index (χ0v) is 11.4. The van der Waals surface area contributed by atoms with Crippen LogP contribution in [0.25, 0.3) is 11.4 Å². The SMILES string of the molecule is Nc1cccc(Cl)c1-c1nnnn1CCOCC(F)(F)F. The molecule has 114 valence electrons. The maximum Gasteiger partial charge on any atom is 0.411 e. The zero-order chi connectivity index (χ0) is 15.5. The number of nitrogen functional groups attached to an aromatic ring is 1. The van der Waals surface area contributed by atoms with E-state index in [9.17, 15) is 13.2 Å². The summed E-state index contributed by atoms with van der Waals surface area (Å²) >= 11 is 6.05. The van der Waals surface area contributed by atoms with Crippen molar-refractivity contribution in [3.05, 3.63) is 23.2 Å². The third-order valence-electron chi connectivity index (χ3n) is 2.51. The first-order valence-corrected chi connectivity index (χ1v) is 6.21. The van der Waals surface area contributed by atoms with Gasteiger partial charge in [-0.15, -0.1) is 5.10 Å². The predicted octanol–water partition coefficient (Wildman–Crippen LogP) is 2.15. The maximum absolute atomic E-state index is 12.0. The molecule has 0 unspecified atom stereocenters.